The number of benzene rings is 2. The van der Waals surface area contributed by atoms with Crippen molar-refractivity contribution in [3.63, 3.8) is 0 Å². The van der Waals surface area contributed by atoms with Crippen molar-refractivity contribution in [2.24, 2.45) is 0 Å². The van der Waals surface area contributed by atoms with Crippen LogP contribution in [0.15, 0.2) is 30.3 Å². The minimum absolute atomic E-state index is 0.189. The fourth-order valence-corrected chi connectivity index (χ4v) is 3.85. The van der Waals surface area contributed by atoms with Crippen molar-refractivity contribution < 1.29 is 14.3 Å². The van der Waals surface area contributed by atoms with Gasteiger partial charge in [-0.2, -0.15) is 0 Å². The summed E-state index contributed by atoms with van der Waals surface area (Å²) in [6.07, 6.45) is 1.10. The van der Waals surface area contributed by atoms with Gasteiger partial charge in [-0.1, -0.05) is 23.7 Å². The number of esters is 1. The van der Waals surface area contributed by atoms with E-state index in [1.54, 1.807) is 0 Å². The first kappa shape index (κ1) is 19.2. The van der Waals surface area contributed by atoms with E-state index >= 15 is 0 Å². The molecule has 0 radical (unpaired) electrons. The standard InChI is InChI=1S/C22H22ClNO3/c1-13-11-19-21(16-5-7-17(23)8-6-16)18(12-20(26)27-4)14(2)15(3)22(19)24(13)9-10-25/h5-8,10-11H,9,12H2,1-4H3. The second-order valence-corrected chi connectivity index (χ2v) is 7.13. The van der Waals surface area contributed by atoms with Gasteiger partial charge in [0.15, 0.2) is 0 Å². The van der Waals surface area contributed by atoms with Gasteiger partial charge in [0.05, 0.1) is 25.6 Å². The first-order chi connectivity index (χ1) is 12.9. The molecule has 0 saturated heterocycles. The topological polar surface area (TPSA) is 48.3 Å². The lowest BCUT2D eigenvalue weighted by molar-refractivity contribution is -0.139. The van der Waals surface area contributed by atoms with Gasteiger partial charge in [-0.05, 0) is 66.8 Å². The Bertz CT molecular complexity index is 1030. The van der Waals surface area contributed by atoms with Crippen LogP contribution in [0.3, 0.4) is 0 Å². The van der Waals surface area contributed by atoms with E-state index in [0.29, 0.717) is 11.6 Å². The molecule has 5 heteroatoms. The number of ether oxygens (including phenoxy) is 1. The maximum atomic E-state index is 12.1. The third-order valence-electron chi connectivity index (χ3n) is 5.18. The number of methoxy groups -OCH3 is 1. The first-order valence-corrected chi connectivity index (χ1v) is 9.15. The number of rotatable bonds is 5. The van der Waals surface area contributed by atoms with Crippen molar-refractivity contribution in [2.45, 2.75) is 33.7 Å². The number of halogens is 1. The summed E-state index contributed by atoms with van der Waals surface area (Å²) < 4.78 is 6.95. The van der Waals surface area contributed by atoms with Crippen molar-refractivity contribution in [1.82, 2.24) is 4.57 Å². The maximum absolute atomic E-state index is 12.1. The monoisotopic (exact) mass is 383 g/mol. The quantitative estimate of drug-likeness (QED) is 0.469. The highest BCUT2D eigenvalue weighted by atomic mass is 35.5. The van der Waals surface area contributed by atoms with E-state index in [0.717, 1.165) is 50.7 Å². The normalized spacial score (nSPS) is 11.0. The van der Waals surface area contributed by atoms with Crippen LogP contribution in [0, 0.1) is 20.8 Å². The number of hydrogen-bond donors (Lipinski definition) is 0. The molecule has 0 spiro atoms. The Kier molecular flexibility index (Phi) is 5.38. The van der Waals surface area contributed by atoms with E-state index < -0.39 is 0 Å². The van der Waals surface area contributed by atoms with Crippen molar-refractivity contribution in [3.05, 3.63) is 57.7 Å². The SMILES string of the molecule is COC(=O)Cc1c(C)c(C)c2c(cc(C)n2CC=O)c1-c1ccc(Cl)cc1. The van der Waals surface area contributed by atoms with Crippen LogP contribution >= 0.6 is 11.6 Å². The Hall–Kier alpha value is -2.59. The summed E-state index contributed by atoms with van der Waals surface area (Å²) in [4.78, 5) is 23.3. The van der Waals surface area contributed by atoms with Gasteiger partial charge in [0.1, 0.15) is 6.29 Å². The van der Waals surface area contributed by atoms with Gasteiger partial charge < -0.3 is 14.1 Å². The lowest BCUT2D eigenvalue weighted by Crippen LogP contribution is -2.10. The van der Waals surface area contributed by atoms with E-state index in [2.05, 4.69) is 6.07 Å². The van der Waals surface area contributed by atoms with Crippen LogP contribution in [0.2, 0.25) is 5.02 Å². The molecule has 0 amide bonds. The Morgan fingerprint density at radius 1 is 1.15 bits per heavy atom. The van der Waals surface area contributed by atoms with Crippen LogP contribution in [0.5, 0.6) is 0 Å². The smallest absolute Gasteiger partial charge is 0.310 e. The molecule has 0 saturated carbocycles. The van der Waals surface area contributed by atoms with Crippen molar-refractivity contribution in [2.75, 3.05) is 7.11 Å². The van der Waals surface area contributed by atoms with Crippen LogP contribution in [-0.2, 0) is 27.3 Å². The Morgan fingerprint density at radius 2 is 1.81 bits per heavy atom. The largest absolute Gasteiger partial charge is 0.469 e. The molecule has 2 aromatic carbocycles. The summed E-state index contributed by atoms with van der Waals surface area (Å²) in [7, 11) is 1.40. The molecule has 1 aromatic heterocycles. The summed E-state index contributed by atoms with van der Waals surface area (Å²) in [5, 5.41) is 1.68. The van der Waals surface area contributed by atoms with E-state index in [1.165, 1.54) is 7.11 Å². The van der Waals surface area contributed by atoms with Crippen molar-refractivity contribution in [1.29, 1.82) is 0 Å². The van der Waals surface area contributed by atoms with E-state index in [4.69, 9.17) is 16.3 Å². The summed E-state index contributed by atoms with van der Waals surface area (Å²) in [6, 6.07) is 9.68. The maximum Gasteiger partial charge on any atom is 0.310 e. The summed E-state index contributed by atoms with van der Waals surface area (Å²) >= 11 is 6.07. The number of fused-ring (bicyclic) bond motifs is 1. The molecule has 27 heavy (non-hydrogen) atoms. The van der Waals surface area contributed by atoms with Gasteiger partial charge in [0.2, 0.25) is 0 Å². The predicted octanol–water partition coefficient (Wildman–Crippen LogP) is 4.80. The summed E-state index contributed by atoms with van der Waals surface area (Å²) in [6.45, 7) is 6.33. The first-order valence-electron chi connectivity index (χ1n) is 8.77. The molecule has 0 aliphatic heterocycles. The van der Waals surface area contributed by atoms with Crippen LogP contribution in [0.1, 0.15) is 22.4 Å². The molecule has 3 aromatic rings. The highest BCUT2D eigenvalue weighted by Gasteiger charge is 2.22. The molecular formula is C22H22ClNO3. The predicted molar refractivity (Wildman–Crippen MR) is 108 cm³/mol. The number of carbonyl (C=O) groups excluding carboxylic acids is 2. The van der Waals surface area contributed by atoms with Crippen LogP contribution in [0.25, 0.3) is 22.0 Å². The Labute approximate surface area is 163 Å². The summed E-state index contributed by atoms with van der Waals surface area (Å²) in [5.41, 5.74) is 7.04. The number of aldehydes is 1. The van der Waals surface area contributed by atoms with Crippen molar-refractivity contribution in [3.8, 4) is 11.1 Å². The third-order valence-corrected chi connectivity index (χ3v) is 5.44. The fourth-order valence-electron chi connectivity index (χ4n) is 3.72. The fraction of sp³-hybridized carbons (Fsp3) is 0.273. The van der Waals surface area contributed by atoms with Crippen LogP contribution < -0.4 is 0 Å². The number of carbonyl (C=O) groups is 2. The average Bonchev–Trinajstić information content (AvgIpc) is 2.97. The third kappa shape index (κ3) is 3.37. The lowest BCUT2D eigenvalue weighted by Gasteiger charge is -2.18. The van der Waals surface area contributed by atoms with E-state index in [9.17, 15) is 9.59 Å². The number of aromatic nitrogens is 1. The molecular weight excluding hydrogens is 362 g/mol. The molecule has 0 bridgehead atoms. The number of hydrogen-bond acceptors (Lipinski definition) is 3. The molecule has 0 atom stereocenters. The molecule has 0 fully saturated rings. The molecule has 140 valence electrons. The molecule has 3 rings (SSSR count). The molecule has 0 aliphatic carbocycles. The second kappa shape index (κ2) is 7.57. The highest BCUT2D eigenvalue weighted by Crippen LogP contribution is 2.39. The molecule has 0 aliphatic rings. The van der Waals surface area contributed by atoms with Gasteiger partial charge in [0, 0.05) is 16.1 Å². The van der Waals surface area contributed by atoms with Gasteiger partial charge in [-0.3, -0.25) is 4.79 Å². The molecule has 0 unspecified atom stereocenters. The van der Waals surface area contributed by atoms with Gasteiger partial charge in [0.25, 0.3) is 0 Å². The average molecular weight is 384 g/mol. The van der Waals surface area contributed by atoms with Crippen LogP contribution in [0.4, 0.5) is 0 Å². The van der Waals surface area contributed by atoms with Crippen molar-refractivity contribution >= 4 is 34.8 Å². The zero-order chi connectivity index (χ0) is 19.7. The van der Waals surface area contributed by atoms with E-state index in [1.807, 2.05) is 49.6 Å². The molecule has 1 heterocycles. The minimum Gasteiger partial charge on any atom is -0.469 e. The zero-order valence-corrected chi connectivity index (χ0v) is 16.7. The van der Waals surface area contributed by atoms with Gasteiger partial charge in [-0.25, -0.2) is 0 Å². The van der Waals surface area contributed by atoms with E-state index in [-0.39, 0.29) is 12.4 Å². The zero-order valence-electron chi connectivity index (χ0n) is 15.9. The molecule has 0 N–H and O–H groups in total. The minimum atomic E-state index is -0.281. The van der Waals surface area contributed by atoms with Gasteiger partial charge >= 0.3 is 5.97 Å². The lowest BCUT2D eigenvalue weighted by atomic mass is 9.88. The highest BCUT2D eigenvalue weighted by molar-refractivity contribution is 6.30. The second-order valence-electron chi connectivity index (χ2n) is 6.69. The summed E-state index contributed by atoms with van der Waals surface area (Å²) in [5.74, 6) is -0.281. The van der Waals surface area contributed by atoms with Gasteiger partial charge in [-0.15, -0.1) is 0 Å². The molecule has 4 nitrogen and oxygen atoms in total. The number of nitrogens with zero attached hydrogens (tertiary/aromatic N) is 1. The van der Waals surface area contributed by atoms with Crippen LogP contribution in [-0.4, -0.2) is 23.9 Å². The number of aryl methyl sites for hydroxylation is 2. The Morgan fingerprint density at radius 3 is 2.41 bits per heavy atom. The Balaban J connectivity index is 2.43.